The molecule has 0 saturated heterocycles. The van der Waals surface area contributed by atoms with Crippen LogP contribution in [0.2, 0.25) is 0 Å². The van der Waals surface area contributed by atoms with Crippen LogP contribution in [0.15, 0.2) is 45.5 Å². The third kappa shape index (κ3) is 2.89. The Bertz CT molecular complexity index is 928. The first-order valence-corrected chi connectivity index (χ1v) is 9.07. The van der Waals surface area contributed by atoms with E-state index < -0.39 is 10.0 Å². The van der Waals surface area contributed by atoms with Crippen molar-refractivity contribution in [3.63, 3.8) is 0 Å². The van der Waals surface area contributed by atoms with Crippen molar-refractivity contribution in [2.45, 2.75) is 35.7 Å². The molecule has 1 aromatic carbocycles. The van der Waals surface area contributed by atoms with E-state index in [1.807, 2.05) is 6.92 Å². The Labute approximate surface area is 138 Å². The van der Waals surface area contributed by atoms with E-state index >= 15 is 0 Å². The highest BCUT2D eigenvalue weighted by molar-refractivity contribution is 7.99. The zero-order chi connectivity index (χ0) is 16.6. The second kappa shape index (κ2) is 5.82. The number of aromatic amines is 1. The minimum atomic E-state index is -3.72. The standard InChI is InChI=1S/C14H15N5O2S2/c1-9-4-6-12(7-5-9)23(20,21)19-11(3)13(10(2)18-19)22-14-15-8-16-17-14/h4-8H,1-3H3,(H,15,16,17). The molecule has 0 aliphatic carbocycles. The monoisotopic (exact) mass is 349 g/mol. The van der Waals surface area contributed by atoms with Crippen molar-refractivity contribution in [3.8, 4) is 0 Å². The van der Waals surface area contributed by atoms with E-state index in [1.165, 1.54) is 18.1 Å². The molecule has 0 radical (unpaired) electrons. The number of aryl methyl sites for hydroxylation is 2. The van der Waals surface area contributed by atoms with Crippen molar-refractivity contribution in [2.24, 2.45) is 0 Å². The van der Waals surface area contributed by atoms with Crippen LogP contribution in [0.5, 0.6) is 0 Å². The molecule has 3 rings (SSSR count). The van der Waals surface area contributed by atoms with Gasteiger partial charge in [0.1, 0.15) is 6.33 Å². The van der Waals surface area contributed by atoms with Crippen LogP contribution >= 0.6 is 11.8 Å². The number of hydrogen-bond acceptors (Lipinski definition) is 6. The van der Waals surface area contributed by atoms with E-state index in [9.17, 15) is 8.42 Å². The number of nitrogens with one attached hydrogen (secondary N) is 1. The van der Waals surface area contributed by atoms with E-state index in [4.69, 9.17) is 0 Å². The van der Waals surface area contributed by atoms with Crippen LogP contribution in [-0.2, 0) is 10.0 Å². The van der Waals surface area contributed by atoms with Gasteiger partial charge >= 0.3 is 0 Å². The van der Waals surface area contributed by atoms with Crippen molar-refractivity contribution in [3.05, 3.63) is 47.5 Å². The average Bonchev–Trinajstić information content (AvgIpc) is 3.11. The summed E-state index contributed by atoms with van der Waals surface area (Å²) in [5.41, 5.74) is 2.17. The number of nitrogens with zero attached hydrogens (tertiary/aromatic N) is 4. The summed E-state index contributed by atoms with van der Waals surface area (Å²) in [4.78, 5) is 5.00. The molecule has 2 heterocycles. The predicted octanol–water partition coefficient (Wildman–Crippen LogP) is 2.31. The molecule has 23 heavy (non-hydrogen) atoms. The van der Waals surface area contributed by atoms with Crippen molar-refractivity contribution >= 4 is 21.8 Å². The highest BCUT2D eigenvalue weighted by Gasteiger charge is 2.24. The molecule has 0 amide bonds. The van der Waals surface area contributed by atoms with Crippen LogP contribution in [0.1, 0.15) is 17.0 Å². The van der Waals surface area contributed by atoms with Gasteiger partial charge in [-0.05, 0) is 44.7 Å². The topological polar surface area (TPSA) is 93.5 Å². The van der Waals surface area contributed by atoms with Gasteiger partial charge in [-0.2, -0.15) is 22.7 Å². The molecule has 0 aliphatic heterocycles. The van der Waals surface area contributed by atoms with Gasteiger partial charge in [0.2, 0.25) is 0 Å². The molecule has 0 bridgehead atoms. The van der Waals surface area contributed by atoms with Gasteiger partial charge in [0, 0.05) is 0 Å². The lowest BCUT2D eigenvalue weighted by Gasteiger charge is -2.07. The molecule has 3 aromatic rings. The highest BCUT2D eigenvalue weighted by atomic mass is 32.2. The van der Waals surface area contributed by atoms with Crippen LogP contribution in [-0.4, -0.2) is 32.8 Å². The number of H-pyrrole nitrogens is 1. The largest absolute Gasteiger partial charge is 0.283 e. The Morgan fingerprint density at radius 1 is 1.13 bits per heavy atom. The Balaban J connectivity index is 2.05. The van der Waals surface area contributed by atoms with E-state index in [2.05, 4.69) is 20.3 Å². The first-order valence-electron chi connectivity index (χ1n) is 6.81. The van der Waals surface area contributed by atoms with Crippen LogP contribution in [0.3, 0.4) is 0 Å². The van der Waals surface area contributed by atoms with E-state index in [0.29, 0.717) is 16.5 Å². The Morgan fingerprint density at radius 2 is 1.83 bits per heavy atom. The first kappa shape index (κ1) is 15.8. The molecule has 9 heteroatoms. The fraction of sp³-hybridized carbons (Fsp3) is 0.214. The summed E-state index contributed by atoms with van der Waals surface area (Å²) in [6.45, 7) is 5.41. The maximum Gasteiger partial charge on any atom is 0.283 e. The van der Waals surface area contributed by atoms with E-state index in [0.717, 1.165) is 14.5 Å². The maximum atomic E-state index is 12.8. The van der Waals surface area contributed by atoms with Gasteiger partial charge < -0.3 is 0 Å². The lowest BCUT2D eigenvalue weighted by molar-refractivity contribution is 0.577. The Kier molecular flexibility index (Phi) is 3.99. The van der Waals surface area contributed by atoms with Gasteiger partial charge in [-0.15, -0.1) is 0 Å². The average molecular weight is 349 g/mol. The van der Waals surface area contributed by atoms with Gasteiger partial charge in [-0.25, -0.2) is 4.98 Å². The summed E-state index contributed by atoms with van der Waals surface area (Å²) in [5.74, 6) is 0. The molecule has 0 atom stereocenters. The fourth-order valence-corrected chi connectivity index (χ4v) is 4.37. The first-order chi connectivity index (χ1) is 10.9. The lowest BCUT2D eigenvalue weighted by Crippen LogP contribution is -2.16. The molecule has 2 aromatic heterocycles. The molecule has 0 spiro atoms. The van der Waals surface area contributed by atoms with E-state index in [-0.39, 0.29) is 4.90 Å². The number of benzene rings is 1. The summed E-state index contributed by atoms with van der Waals surface area (Å²) >= 11 is 1.31. The second-order valence-corrected chi connectivity index (χ2v) is 7.82. The quantitative estimate of drug-likeness (QED) is 0.777. The highest BCUT2D eigenvalue weighted by Crippen LogP contribution is 2.31. The molecule has 0 aliphatic rings. The van der Waals surface area contributed by atoms with Crippen molar-refractivity contribution in [1.29, 1.82) is 0 Å². The Hall–Kier alpha value is -2.13. The number of rotatable bonds is 4. The molecule has 0 saturated carbocycles. The summed E-state index contributed by atoms with van der Waals surface area (Å²) < 4.78 is 26.7. The zero-order valence-corrected chi connectivity index (χ0v) is 14.4. The van der Waals surface area contributed by atoms with Gasteiger partial charge in [-0.3, -0.25) is 5.10 Å². The molecule has 0 unspecified atom stereocenters. The third-order valence-corrected chi connectivity index (χ3v) is 6.19. The molecule has 0 fully saturated rings. The summed E-state index contributed by atoms with van der Waals surface area (Å²) in [6, 6.07) is 6.71. The maximum absolute atomic E-state index is 12.8. The Morgan fingerprint density at radius 3 is 2.43 bits per heavy atom. The van der Waals surface area contributed by atoms with E-state index in [1.54, 1.807) is 38.1 Å². The van der Waals surface area contributed by atoms with Crippen LogP contribution in [0.4, 0.5) is 0 Å². The molecular formula is C14H15N5O2S2. The van der Waals surface area contributed by atoms with Gasteiger partial charge in [0.15, 0.2) is 5.16 Å². The van der Waals surface area contributed by atoms with Crippen molar-refractivity contribution in [2.75, 3.05) is 0 Å². The normalized spacial score (nSPS) is 11.8. The van der Waals surface area contributed by atoms with Crippen LogP contribution in [0.25, 0.3) is 0 Å². The predicted molar refractivity (Wildman–Crippen MR) is 86.0 cm³/mol. The summed E-state index contributed by atoms with van der Waals surface area (Å²) in [6.07, 6.45) is 1.40. The molecule has 7 nitrogen and oxygen atoms in total. The molecule has 1 N–H and O–H groups in total. The van der Waals surface area contributed by atoms with Crippen molar-refractivity contribution < 1.29 is 8.42 Å². The van der Waals surface area contributed by atoms with Gasteiger partial charge in [0.05, 0.1) is 21.2 Å². The fourth-order valence-electron chi connectivity index (χ4n) is 2.14. The minimum Gasteiger partial charge on any atom is -0.254 e. The number of aromatic nitrogens is 5. The van der Waals surface area contributed by atoms with Crippen molar-refractivity contribution in [1.82, 2.24) is 24.4 Å². The second-order valence-electron chi connectivity index (χ2n) is 5.05. The van der Waals surface area contributed by atoms with Crippen LogP contribution in [0, 0.1) is 20.8 Å². The summed E-state index contributed by atoms with van der Waals surface area (Å²) in [7, 11) is -3.72. The van der Waals surface area contributed by atoms with Gasteiger partial charge in [0.25, 0.3) is 10.0 Å². The SMILES string of the molecule is Cc1ccc(S(=O)(=O)n2nc(C)c(Sc3ncn[nH]3)c2C)cc1. The smallest absolute Gasteiger partial charge is 0.254 e. The summed E-state index contributed by atoms with van der Waals surface area (Å²) in [5, 5.41) is 11.3. The number of hydrogen-bond donors (Lipinski definition) is 1. The lowest BCUT2D eigenvalue weighted by atomic mass is 10.2. The molecular weight excluding hydrogens is 334 g/mol. The minimum absolute atomic E-state index is 0.213. The molecule has 120 valence electrons. The van der Waals surface area contributed by atoms with Crippen LogP contribution < -0.4 is 0 Å². The zero-order valence-electron chi connectivity index (χ0n) is 12.8. The van der Waals surface area contributed by atoms with Gasteiger partial charge in [-0.1, -0.05) is 17.7 Å². The third-order valence-electron chi connectivity index (χ3n) is 3.32.